The van der Waals surface area contributed by atoms with Crippen LogP contribution in [0.25, 0.3) is 0 Å². The van der Waals surface area contributed by atoms with E-state index >= 15 is 0 Å². The smallest absolute Gasteiger partial charge is 0.264 e. The lowest BCUT2D eigenvalue weighted by molar-refractivity contribution is 0.509. The van der Waals surface area contributed by atoms with Gasteiger partial charge < -0.3 is 0 Å². The van der Waals surface area contributed by atoms with Crippen LogP contribution in [0.3, 0.4) is 0 Å². The molecule has 0 aliphatic rings. The lowest BCUT2D eigenvalue weighted by Gasteiger charge is -2.19. The molecule has 0 aliphatic carbocycles. The predicted octanol–water partition coefficient (Wildman–Crippen LogP) is 3.44. The average Bonchev–Trinajstić information content (AvgIpc) is 2.41. The van der Waals surface area contributed by atoms with Crippen LogP contribution in [0.2, 0.25) is 5.02 Å². The van der Waals surface area contributed by atoms with Crippen LogP contribution in [0.5, 0.6) is 0 Å². The van der Waals surface area contributed by atoms with E-state index in [2.05, 4.69) is 0 Å². The molecule has 0 N–H and O–H groups in total. The number of halogens is 3. The molecule has 0 saturated carbocycles. The van der Waals surface area contributed by atoms with Crippen LogP contribution >= 0.6 is 11.6 Å². The quantitative estimate of drug-likeness (QED) is 0.869. The van der Waals surface area contributed by atoms with Crippen molar-refractivity contribution in [2.75, 3.05) is 11.4 Å². The summed E-state index contributed by atoms with van der Waals surface area (Å²) in [5.41, 5.74) is 0.0267. The Morgan fingerprint density at radius 3 is 2.15 bits per heavy atom. The fourth-order valence-corrected chi connectivity index (χ4v) is 2.90. The first-order chi connectivity index (χ1) is 9.32. The minimum atomic E-state index is -3.85. The van der Waals surface area contributed by atoms with Gasteiger partial charge >= 0.3 is 0 Å². The van der Waals surface area contributed by atoms with E-state index in [4.69, 9.17) is 11.6 Å². The van der Waals surface area contributed by atoms with Gasteiger partial charge in [0.2, 0.25) is 0 Å². The number of nitrogens with zero attached hydrogens (tertiary/aromatic N) is 1. The monoisotopic (exact) mass is 317 g/mol. The van der Waals surface area contributed by atoms with Gasteiger partial charge in [0.15, 0.2) is 11.6 Å². The van der Waals surface area contributed by atoms with Crippen molar-refractivity contribution >= 4 is 27.3 Å². The molecule has 0 heterocycles. The Labute approximate surface area is 120 Å². The highest BCUT2D eigenvalue weighted by atomic mass is 35.5. The van der Waals surface area contributed by atoms with E-state index in [1.807, 2.05) is 0 Å². The van der Waals surface area contributed by atoms with E-state index in [9.17, 15) is 17.2 Å². The van der Waals surface area contributed by atoms with E-state index in [1.54, 1.807) is 0 Å². The minimum Gasteiger partial charge on any atom is -0.269 e. The van der Waals surface area contributed by atoms with Crippen LogP contribution in [0, 0.1) is 11.6 Å². The fourth-order valence-electron chi connectivity index (χ4n) is 1.58. The summed E-state index contributed by atoms with van der Waals surface area (Å²) < 4.78 is 51.5. The summed E-state index contributed by atoms with van der Waals surface area (Å²) in [6.07, 6.45) is 0. The molecule has 0 aliphatic heterocycles. The molecule has 0 atom stereocenters. The van der Waals surface area contributed by atoms with E-state index in [-0.39, 0.29) is 10.6 Å². The molecule has 7 heteroatoms. The second-order valence-corrected chi connectivity index (χ2v) is 6.43. The third-order valence-corrected chi connectivity index (χ3v) is 4.79. The number of rotatable bonds is 3. The summed E-state index contributed by atoms with van der Waals surface area (Å²) in [4.78, 5) is 0.00846. The molecular weight excluding hydrogens is 308 g/mol. The van der Waals surface area contributed by atoms with Crippen molar-refractivity contribution in [3.05, 3.63) is 59.1 Å². The Bertz CT molecular complexity index is 733. The first-order valence-electron chi connectivity index (χ1n) is 5.52. The van der Waals surface area contributed by atoms with Crippen LogP contribution in [0.4, 0.5) is 14.5 Å². The Morgan fingerprint density at radius 2 is 1.60 bits per heavy atom. The summed E-state index contributed by atoms with van der Waals surface area (Å²) in [5, 5.41) is 0.402. The summed E-state index contributed by atoms with van der Waals surface area (Å²) in [6, 6.07) is 8.44. The van der Waals surface area contributed by atoms with Crippen molar-refractivity contribution in [1.29, 1.82) is 0 Å². The van der Waals surface area contributed by atoms with Gasteiger partial charge in [0.25, 0.3) is 10.0 Å². The molecule has 2 aromatic rings. The summed E-state index contributed by atoms with van der Waals surface area (Å²) in [7, 11) is -2.59. The predicted molar refractivity (Wildman–Crippen MR) is 73.4 cm³/mol. The zero-order valence-corrected chi connectivity index (χ0v) is 11.9. The summed E-state index contributed by atoms with van der Waals surface area (Å²) >= 11 is 5.70. The van der Waals surface area contributed by atoms with Gasteiger partial charge in [0, 0.05) is 18.1 Å². The molecule has 3 nitrogen and oxygen atoms in total. The molecule has 0 radical (unpaired) electrons. The van der Waals surface area contributed by atoms with Crippen LogP contribution < -0.4 is 4.31 Å². The molecule has 0 saturated heterocycles. The molecule has 0 bridgehead atoms. The molecule has 2 rings (SSSR count). The highest BCUT2D eigenvalue weighted by Gasteiger charge is 2.22. The number of hydrogen-bond donors (Lipinski definition) is 0. The minimum absolute atomic E-state index is 0.00846. The standard InChI is InChI=1S/C13H10ClF2NO2S/c1-17(10-4-7-12(15)13(16)8-10)20(18,19)11-5-2-9(14)3-6-11/h2-8H,1H3. The lowest BCUT2D eigenvalue weighted by Crippen LogP contribution is -2.26. The van der Waals surface area contributed by atoms with Gasteiger partial charge in [-0.05, 0) is 36.4 Å². The maximum absolute atomic E-state index is 13.2. The highest BCUT2D eigenvalue weighted by molar-refractivity contribution is 7.92. The molecule has 0 amide bonds. The molecule has 2 aromatic carbocycles. The third kappa shape index (κ3) is 2.76. The van der Waals surface area contributed by atoms with Crippen molar-refractivity contribution in [1.82, 2.24) is 0 Å². The van der Waals surface area contributed by atoms with Crippen LogP contribution in [-0.4, -0.2) is 15.5 Å². The van der Waals surface area contributed by atoms with E-state index < -0.39 is 21.7 Å². The van der Waals surface area contributed by atoms with Crippen molar-refractivity contribution in [3.8, 4) is 0 Å². The molecule has 0 fully saturated rings. The summed E-state index contributed by atoms with van der Waals surface area (Å²) in [5.74, 6) is -2.15. The lowest BCUT2D eigenvalue weighted by atomic mass is 10.3. The third-order valence-electron chi connectivity index (χ3n) is 2.74. The maximum Gasteiger partial charge on any atom is 0.264 e. The van der Waals surface area contributed by atoms with Gasteiger partial charge in [-0.15, -0.1) is 0 Å². The van der Waals surface area contributed by atoms with Gasteiger partial charge in [0.1, 0.15) is 0 Å². The van der Waals surface area contributed by atoms with Crippen molar-refractivity contribution < 1.29 is 17.2 Å². The Balaban J connectivity index is 2.42. The van der Waals surface area contributed by atoms with Crippen molar-refractivity contribution in [2.24, 2.45) is 0 Å². The maximum atomic E-state index is 13.2. The average molecular weight is 318 g/mol. The van der Waals surface area contributed by atoms with Crippen LogP contribution in [-0.2, 0) is 10.0 Å². The molecule has 0 spiro atoms. The molecule has 106 valence electrons. The van der Waals surface area contributed by atoms with Gasteiger partial charge in [0.05, 0.1) is 10.6 Å². The van der Waals surface area contributed by atoms with Crippen molar-refractivity contribution in [3.63, 3.8) is 0 Å². The number of benzene rings is 2. The van der Waals surface area contributed by atoms with E-state index in [1.165, 1.54) is 37.4 Å². The second-order valence-electron chi connectivity index (χ2n) is 4.02. The second kappa shape index (κ2) is 5.38. The Hall–Kier alpha value is -1.66. The van der Waals surface area contributed by atoms with Crippen LogP contribution in [0.1, 0.15) is 0 Å². The zero-order valence-electron chi connectivity index (χ0n) is 10.3. The molecule has 0 unspecified atom stereocenters. The van der Waals surface area contributed by atoms with Crippen molar-refractivity contribution in [2.45, 2.75) is 4.90 Å². The number of anilines is 1. The zero-order chi connectivity index (χ0) is 14.9. The number of hydrogen-bond acceptors (Lipinski definition) is 2. The van der Waals surface area contributed by atoms with Gasteiger partial charge in [-0.25, -0.2) is 17.2 Å². The SMILES string of the molecule is CN(c1ccc(F)c(F)c1)S(=O)(=O)c1ccc(Cl)cc1. The normalized spacial score (nSPS) is 11.4. The first-order valence-corrected chi connectivity index (χ1v) is 7.34. The number of sulfonamides is 1. The largest absolute Gasteiger partial charge is 0.269 e. The van der Waals surface area contributed by atoms with Crippen LogP contribution in [0.15, 0.2) is 47.4 Å². The van der Waals surface area contributed by atoms with Gasteiger partial charge in [-0.2, -0.15) is 0 Å². The Morgan fingerprint density at radius 1 is 1.00 bits per heavy atom. The molecule has 0 aromatic heterocycles. The topological polar surface area (TPSA) is 37.4 Å². The van der Waals surface area contributed by atoms with Gasteiger partial charge in [-0.1, -0.05) is 11.6 Å². The van der Waals surface area contributed by atoms with E-state index in [0.29, 0.717) is 5.02 Å². The highest BCUT2D eigenvalue weighted by Crippen LogP contribution is 2.24. The first kappa shape index (κ1) is 14.7. The van der Waals surface area contributed by atoms with E-state index in [0.717, 1.165) is 16.4 Å². The summed E-state index contributed by atoms with van der Waals surface area (Å²) in [6.45, 7) is 0. The van der Waals surface area contributed by atoms with Gasteiger partial charge in [-0.3, -0.25) is 4.31 Å². The Kier molecular flexibility index (Phi) is 3.96. The molecule has 20 heavy (non-hydrogen) atoms. The fraction of sp³-hybridized carbons (Fsp3) is 0.0769. The molecular formula is C13H10ClF2NO2S.